The molecule has 23 heavy (non-hydrogen) atoms. The normalized spacial score (nSPS) is 12.6. The predicted molar refractivity (Wildman–Crippen MR) is 76.4 cm³/mol. The molecule has 1 rings (SSSR count). The average molecular weight is 333 g/mol. The molecule has 0 radical (unpaired) electrons. The van der Waals surface area contributed by atoms with Gasteiger partial charge in [-0.25, -0.2) is 4.79 Å². The number of carboxylic acid groups (broad SMARTS) is 1. The lowest BCUT2D eigenvalue weighted by Crippen LogP contribution is -2.45. The van der Waals surface area contributed by atoms with Crippen molar-refractivity contribution < 1.29 is 32.6 Å². The van der Waals surface area contributed by atoms with Crippen LogP contribution in [0.25, 0.3) is 0 Å². The molecule has 0 aliphatic heterocycles. The van der Waals surface area contributed by atoms with E-state index >= 15 is 0 Å². The summed E-state index contributed by atoms with van der Waals surface area (Å²) >= 11 is 0. The number of carboxylic acids is 1. The van der Waals surface area contributed by atoms with Gasteiger partial charge in [-0.05, 0) is 31.9 Å². The fourth-order valence-corrected chi connectivity index (χ4v) is 2.20. The second kappa shape index (κ2) is 7.34. The number of halogens is 3. The van der Waals surface area contributed by atoms with Gasteiger partial charge in [0.1, 0.15) is 11.8 Å². The number of ether oxygens (including phenoxy) is 1. The number of amides is 1. The Morgan fingerprint density at radius 3 is 2.17 bits per heavy atom. The summed E-state index contributed by atoms with van der Waals surface area (Å²) in [6, 6.07) is 1.64. The zero-order chi connectivity index (χ0) is 17.8. The van der Waals surface area contributed by atoms with E-state index in [2.05, 4.69) is 0 Å². The van der Waals surface area contributed by atoms with Crippen molar-refractivity contribution >= 4 is 11.9 Å². The van der Waals surface area contributed by atoms with E-state index < -0.39 is 37.1 Å². The molecule has 0 aromatic heterocycles. The maximum Gasteiger partial charge on any atom is 0.391 e. The zero-order valence-electron chi connectivity index (χ0n) is 13.0. The number of benzene rings is 1. The van der Waals surface area contributed by atoms with Gasteiger partial charge in [-0.1, -0.05) is 17.7 Å². The van der Waals surface area contributed by atoms with Gasteiger partial charge in [0.05, 0.1) is 6.42 Å². The highest BCUT2D eigenvalue weighted by Crippen LogP contribution is 2.24. The van der Waals surface area contributed by atoms with Gasteiger partial charge in [0.2, 0.25) is 0 Å². The van der Waals surface area contributed by atoms with Crippen LogP contribution in [0.3, 0.4) is 0 Å². The van der Waals surface area contributed by atoms with Gasteiger partial charge in [0, 0.05) is 0 Å². The Balaban J connectivity index is 2.68. The first-order valence-electron chi connectivity index (χ1n) is 6.79. The van der Waals surface area contributed by atoms with Crippen LogP contribution in [0, 0.1) is 20.8 Å². The summed E-state index contributed by atoms with van der Waals surface area (Å²) in [6.45, 7) is 4.88. The van der Waals surface area contributed by atoms with Crippen LogP contribution in [0.15, 0.2) is 12.1 Å². The van der Waals surface area contributed by atoms with E-state index in [1.165, 1.54) is 0 Å². The second-order valence-corrected chi connectivity index (χ2v) is 5.29. The first-order valence-corrected chi connectivity index (χ1v) is 6.79. The maximum absolute atomic E-state index is 12.3. The van der Waals surface area contributed by atoms with E-state index in [0.717, 1.165) is 16.7 Å². The molecule has 0 saturated heterocycles. The number of aliphatic carboxylic acids is 1. The van der Waals surface area contributed by atoms with Crippen molar-refractivity contribution in [2.45, 2.75) is 39.4 Å². The highest BCUT2D eigenvalue weighted by molar-refractivity contribution is 5.84. The van der Waals surface area contributed by atoms with Crippen LogP contribution in [0.4, 0.5) is 13.2 Å². The summed E-state index contributed by atoms with van der Waals surface area (Å²) in [7, 11) is 0. The monoisotopic (exact) mass is 333 g/mol. The lowest BCUT2D eigenvalue weighted by atomic mass is 10.1. The van der Waals surface area contributed by atoms with E-state index in [4.69, 9.17) is 9.84 Å². The van der Waals surface area contributed by atoms with E-state index in [9.17, 15) is 22.8 Å². The smallest absolute Gasteiger partial charge is 0.391 e. The largest absolute Gasteiger partial charge is 0.483 e. The third kappa shape index (κ3) is 6.17. The molecule has 0 fully saturated rings. The fraction of sp³-hybridized carbons (Fsp3) is 0.467. The minimum atomic E-state index is -4.69. The van der Waals surface area contributed by atoms with Crippen molar-refractivity contribution in [3.8, 4) is 5.75 Å². The van der Waals surface area contributed by atoms with Gasteiger partial charge in [0.15, 0.2) is 6.61 Å². The molecule has 0 spiro atoms. The van der Waals surface area contributed by atoms with Crippen molar-refractivity contribution in [1.82, 2.24) is 5.32 Å². The van der Waals surface area contributed by atoms with Crippen molar-refractivity contribution in [3.05, 3.63) is 28.8 Å². The van der Waals surface area contributed by atoms with E-state index in [0.29, 0.717) is 5.75 Å². The van der Waals surface area contributed by atoms with E-state index in [-0.39, 0.29) is 0 Å². The Morgan fingerprint density at radius 1 is 1.22 bits per heavy atom. The number of rotatable bonds is 6. The maximum atomic E-state index is 12.3. The van der Waals surface area contributed by atoms with Crippen LogP contribution in [0.2, 0.25) is 0 Å². The molecule has 0 bridgehead atoms. The van der Waals surface area contributed by atoms with Crippen molar-refractivity contribution in [2.24, 2.45) is 0 Å². The number of hydrogen-bond donors (Lipinski definition) is 2. The van der Waals surface area contributed by atoms with Gasteiger partial charge in [-0.2, -0.15) is 13.2 Å². The number of hydrogen-bond acceptors (Lipinski definition) is 3. The van der Waals surface area contributed by atoms with Crippen LogP contribution in [-0.2, 0) is 9.59 Å². The topological polar surface area (TPSA) is 75.6 Å². The molecule has 1 aromatic carbocycles. The Hall–Kier alpha value is -2.25. The number of nitrogens with one attached hydrogen (secondary N) is 1. The predicted octanol–water partition coefficient (Wildman–Crippen LogP) is 2.51. The van der Waals surface area contributed by atoms with Crippen LogP contribution < -0.4 is 10.1 Å². The quantitative estimate of drug-likeness (QED) is 0.839. The zero-order valence-corrected chi connectivity index (χ0v) is 13.0. The Bertz CT molecular complexity index is 576. The van der Waals surface area contributed by atoms with Gasteiger partial charge >= 0.3 is 12.1 Å². The highest BCUT2D eigenvalue weighted by Gasteiger charge is 2.36. The molecule has 0 saturated carbocycles. The van der Waals surface area contributed by atoms with Crippen molar-refractivity contribution in [2.75, 3.05) is 6.61 Å². The number of aryl methyl sites for hydroxylation is 3. The fourth-order valence-electron chi connectivity index (χ4n) is 2.20. The van der Waals surface area contributed by atoms with E-state index in [1.54, 1.807) is 13.8 Å². The summed E-state index contributed by atoms with van der Waals surface area (Å²) in [5.41, 5.74) is 2.56. The molecule has 5 nitrogen and oxygen atoms in total. The summed E-state index contributed by atoms with van der Waals surface area (Å²) in [5.74, 6) is -2.23. The van der Waals surface area contributed by atoms with Crippen molar-refractivity contribution in [3.63, 3.8) is 0 Å². The van der Waals surface area contributed by atoms with Crippen LogP contribution in [-0.4, -0.2) is 35.8 Å². The van der Waals surface area contributed by atoms with E-state index in [1.807, 2.05) is 24.4 Å². The molecule has 8 heteroatoms. The Morgan fingerprint density at radius 2 is 1.74 bits per heavy atom. The number of carbonyl (C=O) groups is 2. The molecule has 1 atom stereocenters. The summed E-state index contributed by atoms with van der Waals surface area (Å²) in [4.78, 5) is 22.4. The van der Waals surface area contributed by atoms with Gasteiger partial charge in [-0.3, -0.25) is 4.79 Å². The SMILES string of the molecule is Cc1cc(C)c(OCC(=O)NC(CC(F)(F)F)C(=O)O)c(C)c1. The molecule has 1 amide bonds. The standard InChI is InChI=1S/C15H18F3NO4/c1-8-4-9(2)13(10(3)5-8)23-7-12(20)19-11(14(21)22)6-15(16,17)18/h4-5,11H,6-7H2,1-3H3,(H,19,20)(H,21,22). The molecule has 2 N–H and O–H groups in total. The van der Waals surface area contributed by atoms with Gasteiger partial charge in [0.25, 0.3) is 5.91 Å². The van der Waals surface area contributed by atoms with Crippen molar-refractivity contribution in [1.29, 1.82) is 0 Å². The second-order valence-electron chi connectivity index (χ2n) is 5.29. The molecular formula is C15H18F3NO4. The van der Waals surface area contributed by atoms with Gasteiger partial charge < -0.3 is 15.2 Å². The van der Waals surface area contributed by atoms with Crippen LogP contribution in [0.1, 0.15) is 23.1 Å². The third-order valence-corrected chi connectivity index (χ3v) is 3.02. The van der Waals surface area contributed by atoms with Gasteiger partial charge in [-0.15, -0.1) is 0 Å². The summed E-state index contributed by atoms with van der Waals surface area (Å²) in [6.07, 6.45) is -6.34. The Labute approximate surface area is 131 Å². The lowest BCUT2D eigenvalue weighted by molar-refractivity contribution is -0.160. The first-order chi connectivity index (χ1) is 10.5. The molecule has 128 valence electrons. The lowest BCUT2D eigenvalue weighted by Gasteiger charge is -2.17. The summed E-state index contributed by atoms with van der Waals surface area (Å²) < 4.78 is 42.1. The first kappa shape index (κ1) is 18.8. The average Bonchev–Trinajstić information content (AvgIpc) is 2.34. The Kier molecular flexibility index (Phi) is 6.00. The molecule has 1 aromatic rings. The minimum Gasteiger partial charge on any atom is -0.483 e. The molecular weight excluding hydrogens is 315 g/mol. The van der Waals surface area contributed by atoms with Crippen LogP contribution >= 0.6 is 0 Å². The minimum absolute atomic E-state index is 0.452. The molecule has 0 aliphatic carbocycles. The number of alkyl halides is 3. The highest BCUT2D eigenvalue weighted by atomic mass is 19.4. The summed E-state index contributed by atoms with van der Waals surface area (Å²) in [5, 5.41) is 10.5. The number of carbonyl (C=O) groups excluding carboxylic acids is 1. The van der Waals surface area contributed by atoms with Crippen LogP contribution in [0.5, 0.6) is 5.75 Å². The molecule has 1 unspecified atom stereocenters. The third-order valence-electron chi connectivity index (χ3n) is 3.02. The molecule has 0 heterocycles. The molecule has 0 aliphatic rings.